The Labute approximate surface area is 181 Å². The molecule has 2 N–H and O–H groups in total. The fraction of sp³-hybridized carbons (Fsp3) is 0.391. The maximum absolute atomic E-state index is 11.4. The Morgan fingerprint density at radius 3 is 2.97 bits per heavy atom. The summed E-state index contributed by atoms with van der Waals surface area (Å²) >= 11 is 0. The van der Waals surface area contributed by atoms with Crippen LogP contribution in [0.2, 0.25) is 0 Å². The van der Waals surface area contributed by atoms with E-state index in [0.29, 0.717) is 5.88 Å². The Morgan fingerprint density at radius 1 is 1.29 bits per heavy atom. The van der Waals surface area contributed by atoms with Crippen LogP contribution >= 0.6 is 0 Å². The molecule has 162 valence electrons. The van der Waals surface area contributed by atoms with Gasteiger partial charge in [-0.25, -0.2) is 9.97 Å². The second-order valence-electron chi connectivity index (χ2n) is 7.73. The van der Waals surface area contributed by atoms with Gasteiger partial charge in [0.2, 0.25) is 5.88 Å². The average molecular weight is 422 g/mol. The van der Waals surface area contributed by atoms with Crippen LogP contribution in [0.4, 0.5) is 5.82 Å². The van der Waals surface area contributed by atoms with Crippen molar-refractivity contribution in [2.24, 2.45) is 0 Å². The van der Waals surface area contributed by atoms with Crippen LogP contribution < -0.4 is 10.1 Å². The Kier molecular flexibility index (Phi) is 6.45. The number of aromatic nitrogens is 4. The first-order valence-electron chi connectivity index (χ1n) is 10.6. The number of nitrogens with one attached hydrogen (secondary N) is 1. The predicted molar refractivity (Wildman–Crippen MR) is 116 cm³/mol. The zero-order valence-corrected chi connectivity index (χ0v) is 17.6. The number of hydrogen-bond donors (Lipinski definition) is 2. The van der Waals surface area contributed by atoms with Crippen LogP contribution in [-0.4, -0.2) is 44.5 Å². The summed E-state index contributed by atoms with van der Waals surface area (Å²) in [4.78, 5) is 20.4. The van der Waals surface area contributed by atoms with E-state index in [1.165, 1.54) is 5.56 Å². The molecule has 8 nitrogen and oxygen atoms in total. The molecule has 4 heterocycles. The fourth-order valence-electron chi connectivity index (χ4n) is 3.90. The Bertz CT molecular complexity index is 1030. The summed E-state index contributed by atoms with van der Waals surface area (Å²) in [6.45, 7) is 1.73. The third kappa shape index (κ3) is 5.20. The molecule has 0 aromatic carbocycles. The largest absolute Gasteiger partial charge is 0.481 e. The third-order valence-electron chi connectivity index (χ3n) is 5.54. The molecule has 0 amide bonds. The zero-order valence-electron chi connectivity index (χ0n) is 17.6. The zero-order chi connectivity index (χ0) is 21.6. The highest BCUT2D eigenvalue weighted by atomic mass is 16.5. The molecular formula is C23H27N5O3. The molecule has 0 spiro atoms. The number of carbonyl (C=O) groups is 1. The first-order valence-corrected chi connectivity index (χ1v) is 10.6. The molecule has 1 aliphatic rings. The van der Waals surface area contributed by atoms with Crippen LogP contribution in [0, 0.1) is 0 Å². The second kappa shape index (κ2) is 9.59. The van der Waals surface area contributed by atoms with Gasteiger partial charge in [0.05, 0.1) is 19.2 Å². The monoisotopic (exact) mass is 421 g/mol. The third-order valence-corrected chi connectivity index (χ3v) is 5.54. The number of nitrogens with zero attached hydrogens (tertiary/aromatic N) is 4. The van der Waals surface area contributed by atoms with Gasteiger partial charge in [0.25, 0.3) is 0 Å². The minimum Gasteiger partial charge on any atom is -0.481 e. The molecule has 3 aromatic heterocycles. The van der Waals surface area contributed by atoms with E-state index in [9.17, 15) is 9.90 Å². The highest BCUT2D eigenvalue weighted by Gasteiger charge is 2.21. The number of hydrogen-bond acceptors (Lipinski definition) is 6. The van der Waals surface area contributed by atoms with Crippen molar-refractivity contribution in [3.05, 3.63) is 65.2 Å². The van der Waals surface area contributed by atoms with Gasteiger partial charge in [0.15, 0.2) is 0 Å². The van der Waals surface area contributed by atoms with Gasteiger partial charge < -0.3 is 15.2 Å². The van der Waals surface area contributed by atoms with Gasteiger partial charge in [-0.15, -0.1) is 0 Å². The minimum absolute atomic E-state index is 0.0446. The quantitative estimate of drug-likeness (QED) is 0.547. The molecule has 0 saturated carbocycles. The topological polar surface area (TPSA) is 102 Å². The highest BCUT2D eigenvalue weighted by molar-refractivity contribution is 5.68. The van der Waals surface area contributed by atoms with E-state index in [1.54, 1.807) is 19.4 Å². The molecule has 0 saturated heterocycles. The van der Waals surface area contributed by atoms with Crippen LogP contribution in [-0.2, 0) is 24.2 Å². The Morgan fingerprint density at radius 2 is 2.19 bits per heavy atom. The molecule has 1 aliphatic heterocycles. The van der Waals surface area contributed by atoms with Crippen LogP contribution in [0.25, 0.3) is 0 Å². The normalized spacial score (nSPS) is 13.8. The fourth-order valence-corrected chi connectivity index (χ4v) is 3.90. The number of carboxylic acid groups (broad SMARTS) is 1. The standard InChI is InChI=1S/C23H27N5O3/c1-31-21-9-7-17(15-25-21)19(14-22(29)30)20-10-13-28(27-20)12-3-5-18-8-6-16-4-2-11-24-23(16)26-18/h6-10,13,15,19H,2-5,11-12,14H2,1H3,(H,24,26)(H,29,30). The van der Waals surface area contributed by atoms with E-state index in [4.69, 9.17) is 9.72 Å². The molecule has 1 atom stereocenters. The van der Waals surface area contributed by atoms with Crippen molar-refractivity contribution < 1.29 is 14.6 Å². The van der Waals surface area contributed by atoms with E-state index in [-0.39, 0.29) is 12.3 Å². The number of pyridine rings is 2. The van der Waals surface area contributed by atoms with E-state index >= 15 is 0 Å². The van der Waals surface area contributed by atoms with Gasteiger partial charge in [-0.3, -0.25) is 9.48 Å². The summed E-state index contributed by atoms with van der Waals surface area (Å²) in [5, 5.41) is 17.4. The number of methoxy groups -OCH3 is 1. The molecule has 4 rings (SSSR count). The minimum atomic E-state index is -0.873. The van der Waals surface area contributed by atoms with Crippen molar-refractivity contribution in [3.63, 3.8) is 0 Å². The van der Waals surface area contributed by atoms with E-state index in [1.807, 2.05) is 23.0 Å². The van der Waals surface area contributed by atoms with Gasteiger partial charge in [-0.2, -0.15) is 5.10 Å². The van der Waals surface area contributed by atoms with Crippen molar-refractivity contribution in [1.82, 2.24) is 19.7 Å². The summed E-state index contributed by atoms with van der Waals surface area (Å²) in [5.74, 6) is 0.289. The number of carboxylic acids is 1. The Balaban J connectivity index is 1.40. The van der Waals surface area contributed by atoms with Crippen LogP contribution in [0.5, 0.6) is 5.88 Å². The van der Waals surface area contributed by atoms with Crippen molar-refractivity contribution >= 4 is 11.8 Å². The maximum atomic E-state index is 11.4. The summed E-state index contributed by atoms with van der Waals surface area (Å²) in [7, 11) is 1.55. The molecule has 0 fully saturated rings. The number of anilines is 1. The summed E-state index contributed by atoms with van der Waals surface area (Å²) in [5.41, 5.74) is 3.91. The van der Waals surface area contributed by atoms with Crippen molar-refractivity contribution in [2.45, 2.75) is 44.6 Å². The molecule has 0 radical (unpaired) electrons. The molecular weight excluding hydrogens is 394 g/mol. The van der Waals surface area contributed by atoms with Gasteiger partial charge in [-0.05, 0) is 48.9 Å². The lowest BCUT2D eigenvalue weighted by atomic mass is 9.94. The summed E-state index contributed by atoms with van der Waals surface area (Å²) < 4.78 is 6.97. The van der Waals surface area contributed by atoms with Crippen molar-refractivity contribution in [1.29, 1.82) is 0 Å². The van der Waals surface area contributed by atoms with Crippen LogP contribution in [0.3, 0.4) is 0 Å². The average Bonchev–Trinajstić information content (AvgIpc) is 3.26. The van der Waals surface area contributed by atoms with Crippen molar-refractivity contribution in [2.75, 3.05) is 19.0 Å². The highest BCUT2D eigenvalue weighted by Crippen LogP contribution is 2.27. The van der Waals surface area contributed by atoms with E-state index < -0.39 is 5.97 Å². The first kappa shape index (κ1) is 20.8. The smallest absolute Gasteiger partial charge is 0.304 e. The molecule has 8 heteroatoms. The number of rotatable bonds is 9. The first-order chi connectivity index (χ1) is 15.1. The lowest BCUT2D eigenvalue weighted by molar-refractivity contribution is -0.137. The van der Waals surface area contributed by atoms with Gasteiger partial charge >= 0.3 is 5.97 Å². The maximum Gasteiger partial charge on any atom is 0.304 e. The van der Waals surface area contributed by atoms with Gasteiger partial charge in [0, 0.05) is 43.2 Å². The van der Waals surface area contributed by atoms with Crippen molar-refractivity contribution in [3.8, 4) is 5.88 Å². The van der Waals surface area contributed by atoms with Crippen LogP contribution in [0.15, 0.2) is 42.7 Å². The SMILES string of the molecule is COc1ccc(C(CC(=O)O)c2ccn(CCCc3ccc4c(n3)NCCC4)n2)cn1. The number of aryl methyl sites for hydroxylation is 3. The van der Waals surface area contributed by atoms with E-state index in [0.717, 1.165) is 61.5 Å². The summed E-state index contributed by atoms with van der Waals surface area (Å²) in [6.07, 6.45) is 7.53. The molecule has 3 aromatic rings. The predicted octanol–water partition coefficient (Wildman–Crippen LogP) is 3.28. The number of ether oxygens (including phenoxy) is 1. The lowest BCUT2D eigenvalue weighted by Gasteiger charge is -2.17. The lowest BCUT2D eigenvalue weighted by Crippen LogP contribution is -2.14. The second-order valence-corrected chi connectivity index (χ2v) is 7.73. The number of fused-ring (bicyclic) bond motifs is 1. The number of aliphatic carboxylic acids is 1. The van der Waals surface area contributed by atoms with E-state index in [2.05, 4.69) is 27.5 Å². The Hall–Kier alpha value is -3.42. The molecule has 0 aliphatic carbocycles. The summed E-state index contributed by atoms with van der Waals surface area (Å²) in [6, 6.07) is 9.75. The molecule has 0 bridgehead atoms. The molecule has 1 unspecified atom stereocenters. The van der Waals surface area contributed by atoms with Crippen LogP contribution in [0.1, 0.15) is 47.7 Å². The van der Waals surface area contributed by atoms with Gasteiger partial charge in [-0.1, -0.05) is 12.1 Å². The molecule has 31 heavy (non-hydrogen) atoms. The van der Waals surface area contributed by atoms with Gasteiger partial charge in [0.1, 0.15) is 5.82 Å².